The molecule has 26 heavy (non-hydrogen) atoms. The van der Waals surface area contributed by atoms with Crippen molar-refractivity contribution in [1.29, 1.82) is 0 Å². The zero-order valence-electron chi connectivity index (χ0n) is 16.1. The summed E-state index contributed by atoms with van der Waals surface area (Å²) in [5.74, 6) is 2.98. The number of nitrogens with zero attached hydrogens (tertiary/aromatic N) is 3. The first-order chi connectivity index (χ1) is 12.3. The lowest BCUT2D eigenvalue weighted by molar-refractivity contribution is 0.0174. The molecular weight excluding hydrogens is 330 g/mol. The van der Waals surface area contributed by atoms with Gasteiger partial charge in [0.15, 0.2) is 0 Å². The first kappa shape index (κ1) is 18.7. The molecule has 2 atom stereocenters. The second kappa shape index (κ2) is 7.68. The van der Waals surface area contributed by atoms with Crippen molar-refractivity contribution in [2.45, 2.75) is 52.1 Å². The number of nitrogens with two attached hydrogens (primary N) is 1. The standard InChI is InChI=1S/C19H31N5O2/c1-19(2,3)26-18(25)24-8-5-13(6-9-24)16-10-14(16)4-7-21-17-22-11-15(20)12-23-17/h11-14,16H,4-10,20H2,1-3H3,(H,21,22,23)/t14-,16+/m0/s1. The third-order valence-electron chi connectivity index (χ3n) is 5.24. The Labute approximate surface area is 155 Å². The topological polar surface area (TPSA) is 93.4 Å². The van der Waals surface area contributed by atoms with E-state index in [9.17, 15) is 4.79 Å². The molecule has 1 saturated heterocycles. The van der Waals surface area contributed by atoms with Crippen molar-refractivity contribution in [2.75, 3.05) is 30.7 Å². The van der Waals surface area contributed by atoms with Crippen LogP contribution in [-0.2, 0) is 4.74 Å². The number of likely N-dealkylation sites (tertiary alicyclic amines) is 1. The summed E-state index contributed by atoms with van der Waals surface area (Å²) in [5.41, 5.74) is 5.75. The van der Waals surface area contributed by atoms with Gasteiger partial charge in [0.2, 0.25) is 5.95 Å². The molecule has 1 aliphatic heterocycles. The first-order valence-electron chi connectivity index (χ1n) is 9.61. The van der Waals surface area contributed by atoms with Crippen molar-refractivity contribution < 1.29 is 9.53 Å². The van der Waals surface area contributed by atoms with E-state index in [1.807, 2.05) is 25.7 Å². The summed E-state index contributed by atoms with van der Waals surface area (Å²) in [6.07, 6.45) is 7.70. The molecule has 3 N–H and O–H groups in total. The van der Waals surface area contributed by atoms with Gasteiger partial charge < -0.3 is 20.7 Å². The van der Waals surface area contributed by atoms with Gasteiger partial charge >= 0.3 is 6.09 Å². The van der Waals surface area contributed by atoms with Crippen LogP contribution in [0.4, 0.5) is 16.4 Å². The van der Waals surface area contributed by atoms with Crippen LogP contribution in [0.1, 0.15) is 46.5 Å². The minimum absolute atomic E-state index is 0.170. The van der Waals surface area contributed by atoms with Crippen molar-refractivity contribution in [3.8, 4) is 0 Å². The summed E-state index contributed by atoms with van der Waals surface area (Å²) in [7, 11) is 0. The highest BCUT2D eigenvalue weighted by atomic mass is 16.6. The third-order valence-corrected chi connectivity index (χ3v) is 5.24. The molecule has 0 bridgehead atoms. The van der Waals surface area contributed by atoms with Crippen LogP contribution >= 0.6 is 0 Å². The van der Waals surface area contributed by atoms with Crippen LogP contribution in [0.2, 0.25) is 0 Å². The predicted molar refractivity (Wildman–Crippen MR) is 102 cm³/mol. The Morgan fingerprint density at radius 2 is 1.96 bits per heavy atom. The van der Waals surface area contributed by atoms with Gasteiger partial charge in [-0.3, -0.25) is 0 Å². The molecule has 1 aliphatic carbocycles. The van der Waals surface area contributed by atoms with E-state index in [2.05, 4.69) is 15.3 Å². The Kier molecular flexibility index (Phi) is 5.53. The van der Waals surface area contributed by atoms with Crippen molar-refractivity contribution in [2.24, 2.45) is 17.8 Å². The molecule has 1 aromatic heterocycles. The molecule has 0 spiro atoms. The first-order valence-corrected chi connectivity index (χ1v) is 9.61. The van der Waals surface area contributed by atoms with E-state index in [4.69, 9.17) is 10.5 Å². The second-order valence-electron chi connectivity index (χ2n) is 8.52. The van der Waals surface area contributed by atoms with Crippen molar-refractivity contribution in [3.05, 3.63) is 12.4 Å². The van der Waals surface area contributed by atoms with Gasteiger partial charge in [0.25, 0.3) is 0 Å². The lowest BCUT2D eigenvalue weighted by Gasteiger charge is -2.33. The summed E-state index contributed by atoms with van der Waals surface area (Å²) in [6.45, 7) is 8.27. The molecule has 1 saturated carbocycles. The molecule has 7 heteroatoms. The maximum absolute atomic E-state index is 12.1. The number of hydrogen-bond donors (Lipinski definition) is 2. The fourth-order valence-electron chi connectivity index (χ4n) is 3.82. The number of anilines is 2. The van der Waals surface area contributed by atoms with Gasteiger partial charge in [-0.15, -0.1) is 0 Å². The molecule has 144 valence electrons. The maximum Gasteiger partial charge on any atom is 0.410 e. The van der Waals surface area contributed by atoms with Crippen LogP contribution in [0.15, 0.2) is 12.4 Å². The number of piperidine rings is 1. The zero-order valence-corrected chi connectivity index (χ0v) is 16.1. The van der Waals surface area contributed by atoms with E-state index in [0.717, 1.165) is 56.7 Å². The van der Waals surface area contributed by atoms with Gasteiger partial charge in [-0.1, -0.05) is 0 Å². The lowest BCUT2D eigenvalue weighted by atomic mass is 9.90. The number of ether oxygens (including phenoxy) is 1. The maximum atomic E-state index is 12.1. The molecule has 0 unspecified atom stereocenters. The van der Waals surface area contributed by atoms with Gasteiger partial charge in [0.05, 0.1) is 18.1 Å². The Hall–Kier alpha value is -2.05. The van der Waals surface area contributed by atoms with Crippen molar-refractivity contribution in [3.63, 3.8) is 0 Å². The van der Waals surface area contributed by atoms with E-state index >= 15 is 0 Å². The van der Waals surface area contributed by atoms with Crippen molar-refractivity contribution in [1.82, 2.24) is 14.9 Å². The molecule has 2 aliphatic rings. The molecule has 3 rings (SSSR count). The molecule has 7 nitrogen and oxygen atoms in total. The van der Waals surface area contributed by atoms with Crippen LogP contribution in [-0.4, -0.2) is 46.2 Å². The monoisotopic (exact) mass is 361 g/mol. The summed E-state index contributed by atoms with van der Waals surface area (Å²) in [6, 6.07) is 0. The molecule has 0 radical (unpaired) electrons. The highest BCUT2D eigenvalue weighted by molar-refractivity contribution is 5.68. The second-order valence-corrected chi connectivity index (χ2v) is 8.52. The van der Waals surface area contributed by atoms with E-state index < -0.39 is 5.60 Å². The Bertz CT molecular complexity index is 605. The number of rotatable bonds is 5. The zero-order chi connectivity index (χ0) is 18.7. The molecule has 2 heterocycles. The van der Waals surface area contributed by atoms with Crippen LogP contribution in [0.25, 0.3) is 0 Å². The predicted octanol–water partition coefficient (Wildman–Crippen LogP) is 3.14. The molecule has 2 fully saturated rings. The number of carbonyl (C=O) groups is 1. The SMILES string of the molecule is CC(C)(C)OC(=O)N1CCC([C@H]2C[C@@H]2CCNc2ncc(N)cn2)CC1. The minimum atomic E-state index is -0.420. The van der Waals surface area contributed by atoms with E-state index in [1.165, 1.54) is 6.42 Å². The Balaban J connectivity index is 1.34. The number of amides is 1. The number of hydrogen-bond acceptors (Lipinski definition) is 6. The average Bonchev–Trinajstić information content (AvgIpc) is 3.35. The molecule has 1 amide bonds. The number of carbonyl (C=O) groups excluding carboxylic acids is 1. The Morgan fingerprint density at radius 1 is 1.31 bits per heavy atom. The summed E-state index contributed by atoms with van der Waals surface area (Å²) in [5, 5.41) is 3.26. The quantitative estimate of drug-likeness (QED) is 0.837. The fourth-order valence-corrected chi connectivity index (χ4v) is 3.82. The third kappa shape index (κ3) is 5.22. The van der Waals surface area contributed by atoms with E-state index in [0.29, 0.717) is 11.6 Å². The minimum Gasteiger partial charge on any atom is -0.444 e. The van der Waals surface area contributed by atoms with Gasteiger partial charge in [0, 0.05) is 19.6 Å². The normalized spacial score (nSPS) is 23.6. The smallest absolute Gasteiger partial charge is 0.410 e. The van der Waals surface area contributed by atoms with Gasteiger partial charge in [-0.25, -0.2) is 14.8 Å². The summed E-state index contributed by atoms with van der Waals surface area (Å²) >= 11 is 0. The number of aromatic nitrogens is 2. The fraction of sp³-hybridized carbons (Fsp3) is 0.737. The number of nitrogen functional groups attached to an aromatic ring is 1. The van der Waals surface area contributed by atoms with Crippen LogP contribution in [0, 0.1) is 17.8 Å². The van der Waals surface area contributed by atoms with Gasteiger partial charge in [-0.2, -0.15) is 0 Å². The lowest BCUT2D eigenvalue weighted by Crippen LogP contribution is -2.42. The van der Waals surface area contributed by atoms with Crippen molar-refractivity contribution >= 4 is 17.7 Å². The summed E-state index contributed by atoms with van der Waals surface area (Å²) < 4.78 is 5.47. The van der Waals surface area contributed by atoms with Gasteiger partial charge in [0.1, 0.15) is 5.60 Å². The van der Waals surface area contributed by atoms with Crippen LogP contribution < -0.4 is 11.1 Å². The van der Waals surface area contributed by atoms with Crippen LogP contribution in [0.5, 0.6) is 0 Å². The van der Waals surface area contributed by atoms with E-state index in [1.54, 1.807) is 12.4 Å². The largest absolute Gasteiger partial charge is 0.444 e. The molecule has 0 aromatic carbocycles. The highest BCUT2D eigenvalue weighted by Gasteiger charge is 2.43. The molecular formula is C19H31N5O2. The highest BCUT2D eigenvalue weighted by Crippen LogP contribution is 2.49. The summed E-state index contributed by atoms with van der Waals surface area (Å²) in [4.78, 5) is 22.3. The Morgan fingerprint density at radius 3 is 2.58 bits per heavy atom. The van der Waals surface area contributed by atoms with Crippen LogP contribution in [0.3, 0.4) is 0 Å². The average molecular weight is 361 g/mol. The number of nitrogens with one attached hydrogen (secondary N) is 1. The van der Waals surface area contributed by atoms with E-state index in [-0.39, 0.29) is 6.09 Å². The molecule has 1 aromatic rings. The van der Waals surface area contributed by atoms with Gasteiger partial charge in [-0.05, 0) is 64.2 Å².